The minimum absolute atomic E-state index is 0.234. The van der Waals surface area contributed by atoms with Gasteiger partial charge in [0.2, 0.25) is 5.89 Å². The van der Waals surface area contributed by atoms with Gasteiger partial charge in [-0.3, -0.25) is 4.79 Å². The second kappa shape index (κ2) is 5.98. The first-order valence-electron chi connectivity index (χ1n) is 6.34. The van der Waals surface area contributed by atoms with Crippen molar-refractivity contribution >= 4 is 11.7 Å². The highest BCUT2D eigenvalue weighted by Gasteiger charge is 2.20. The first-order valence-corrected chi connectivity index (χ1v) is 6.34. The molecule has 5 heteroatoms. The van der Waals surface area contributed by atoms with Gasteiger partial charge in [-0.15, -0.1) is 0 Å². The van der Waals surface area contributed by atoms with Crippen LogP contribution in [0.3, 0.4) is 0 Å². The van der Waals surface area contributed by atoms with Gasteiger partial charge >= 0.3 is 0 Å². The maximum Gasteiger partial charge on any atom is 0.265 e. The van der Waals surface area contributed by atoms with Gasteiger partial charge in [-0.25, -0.2) is 0 Å². The molecule has 0 saturated heterocycles. The highest BCUT2D eigenvalue weighted by atomic mass is 16.5. The molecule has 18 heavy (non-hydrogen) atoms. The van der Waals surface area contributed by atoms with Crippen LogP contribution in [0, 0.1) is 5.41 Å². The summed E-state index contributed by atoms with van der Waals surface area (Å²) in [4.78, 5) is 17.8. The second-order valence-electron chi connectivity index (χ2n) is 5.76. The fraction of sp³-hybridized carbons (Fsp3) is 0.769. The van der Waals surface area contributed by atoms with Crippen LogP contribution in [0.5, 0.6) is 0 Å². The van der Waals surface area contributed by atoms with E-state index < -0.39 is 0 Å². The number of anilines is 1. The molecule has 1 rings (SSSR count). The predicted octanol–water partition coefficient (Wildman–Crippen LogP) is 2.46. The lowest BCUT2D eigenvalue weighted by Crippen LogP contribution is -2.19. The zero-order valence-corrected chi connectivity index (χ0v) is 12.0. The first kappa shape index (κ1) is 14.7. The number of carbonyl (C=O) groups is 1. The number of rotatable bonds is 6. The molecule has 5 nitrogen and oxygen atoms in total. The standard InChI is InChI=1S/C13H23N3O2/c1-13(2,3)10(17)8-6-7-9-11-14-12(15-18-11)16(4)5/h6-9H2,1-5H3. The van der Waals surface area contributed by atoms with E-state index in [2.05, 4.69) is 10.1 Å². The molecule has 0 amide bonds. The highest BCUT2D eigenvalue weighted by molar-refractivity contribution is 5.83. The monoisotopic (exact) mass is 253 g/mol. The molecule has 0 saturated carbocycles. The molecule has 0 unspecified atom stereocenters. The Bertz CT molecular complexity index is 391. The zero-order valence-electron chi connectivity index (χ0n) is 12.0. The van der Waals surface area contributed by atoms with E-state index in [1.165, 1.54) is 0 Å². The number of hydrogen-bond acceptors (Lipinski definition) is 5. The van der Waals surface area contributed by atoms with Crippen molar-refractivity contribution in [3.63, 3.8) is 0 Å². The molecule has 0 atom stereocenters. The molecule has 0 aliphatic rings. The van der Waals surface area contributed by atoms with E-state index in [1.54, 1.807) is 4.90 Å². The Morgan fingerprint density at radius 2 is 1.94 bits per heavy atom. The fourth-order valence-electron chi connectivity index (χ4n) is 1.47. The number of nitrogens with zero attached hydrogens (tertiary/aromatic N) is 3. The smallest absolute Gasteiger partial charge is 0.265 e. The van der Waals surface area contributed by atoms with Crippen molar-refractivity contribution in [2.75, 3.05) is 19.0 Å². The molecule has 1 heterocycles. The Kier molecular flexibility index (Phi) is 4.87. The van der Waals surface area contributed by atoms with Crippen LogP contribution in [0.1, 0.15) is 45.9 Å². The molecule has 102 valence electrons. The quantitative estimate of drug-likeness (QED) is 0.729. The average Bonchev–Trinajstić information content (AvgIpc) is 2.71. The molecule has 0 bridgehead atoms. The van der Waals surface area contributed by atoms with Gasteiger partial charge in [0.1, 0.15) is 5.78 Å². The van der Waals surface area contributed by atoms with Gasteiger partial charge in [-0.2, -0.15) is 4.98 Å². The third-order valence-electron chi connectivity index (χ3n) is 2.74. The van der Waals surface area contributed by atoms with Crippen molar-refractivity contribution in [1.29, 1.82) is 0 Å². The molecule has 0 fully saturated rings. The summed E-state index contributed by atoms with van der Waals surface area (Å²) in [6, 6.07) is 0. The van der Waals surface area contributed by atoms with E-state index in [-0.39, 0.29) is 5.41 Å². The summed E-state index contributed by atoms with van der Waals surface area (Å²) in [7, 11) is 3.74. The Morgan fingerprint density at radius 3 is 2.44 bits per heavy atom. The highest BCUT2D eigenvalue weighted by Crippen LogP contribution is 2.18. The van der Waals surface area contributed by atoms with Gasteiger partial charge in [0, 0.05) is 32.4 Å². The number of Topliss-reactive ketones (excluding diaryl/α,β-unsaturated/α-hetero) is 1. The van der Waals surface area contributed by atoms with Gasteiger partial charge in [-0.05, 0) is 18.0 Å². The van der Waals surface area contributed by atoms with Gasteiger partial charge < -0.3 is 9.42 Å². The molecular weight excluding hydrogens is 230 g/mol. The van der Waals surface area contributed by atoms with Gasteiger partial charge in [-0.1, -0.05) is 20.8 Å². The van der Waals surface area contributed by atoms with E-state index in [4.69, 9.17) is 4.52 Å². The van der Waals surface area contributed by atoms with Crippen LogP contribution in [0.4, 0.5) is 5.95 Å². The average molecular weight is 253 g/mol. The maximum absolute atomic E-state index is 11.7. The van der Waals surface area contributed by atoms with Crippen molar-refractivity contribution in [2.45, 2.75) is 46.5 Å². The topological polar surface area (TPSA) is 59.2 Å². The van der Waals surface area contributed by atoms with Crippen LogP contribution >= 0.6 is 0 Å². The van der Waals surface area contributed by atoms with Crippen LogP contribution < -0.4 is 4.90 Å². The summed E-state index contributed by atoms with van der Waals surface area (Å²) >= 11 is 0. The van der Waals surface area contributed by atoms with E-state index in [0.29, 0.717) is 24.0 Å². The molecule has 1 aromatic heterocycles. The number of aromatic nitrogens is 2. The van der Waals surface area contributed by atoms with Crippen LogP contribution in [-0.2, 0) is 11.2 Å². The van der Waals surface area contributed by atoms with E-state index in [0.717, 1.165) is 19.3 Å². The summed E-state index contributed by atoms with van der Waals surface area (Å²) in [6.45, 7) is 5.87. The maximum atomic E-state index is 11.7. The Balaban J connectivity index is 2.28. The molecule has 0 N–H and O–H groups in total. The summed E-state index contributed by atoms with van der Waals surface area (Å²) < 4.78 is 5.11. The molecule has 0 aliphatic heterocycles. The lowest BCUT2D eigenvalue weighted by molar-refractivity contribution is -0.126. The first-order chi connectivity index (χ1) is 8.30. The zero-order chi connectivity index (χ0) is 13.8. The second-order valence-corrected chi connectivity index (χ2v) is 5.76. The summed E-state index contributed by atoms with van der Waals surface area (Å²) in [6.07, 6.45) is 3.13. The number of ketones is 1. The van der Waals surface area contributed by atoms with Gasteiger partial charge in [0.25, 0.3) is 5.95 Å². The van der Waals surface area contributed by atoms with E-state index >= 15 is 0 Å². The fourth-order valence-corrected chi connectivity index (χ4v) is 1.47. The van der Waals surface area contributed by atoms with Crippen molar-refractivity contribution in [3.8, 4) is 0 Å². The summed E-state index contributed by atoms with van der Waals surface area (Å²) in [5.74, 6) is 1.54. The van der Waals surface area contributed by atoms with Crippen LogP contribution in [0.15, 0.2) is 4.52 Å². The number of aryl methyl sites for hydroxylation is 1. The number of unbranched alkanes of at least 4 members (excludes halogenated alkanes) is 1. The summed E-state index contributed by atoms with van der Waals surface area (Å²) in [5.41, 5.74) is -0.234. The van der Waals surface area contributed by atoms with Crippen LogP contribution in [0.25, 0.3) is 0 Å². The van der Waals surface area contributed by atoms with E-state index in [1.807, 2.05) is 34.9 Å². The van der Waals surface area contributed by atoms with Crippen LogP contribution in [-0.4, -0.2) is 30.0 Å². The molecule has 0 aromatic carbocycles. The lowest BCUT2D eigenvalue weighted by atomic mass is 9.88. The molecule has 0 spiro atoms. The third-order valence-corrected chi connectivity index (χ3v) is 2.74. The Hall–Kier alpha value is -1.39. The lowest BCUT2D eigenvalue weighted by Gasteiger charge is -2.15. The SMILES string of the molecule is CN(C)c1noc(CCCCC(=O)C(C)(C)C)n1. The number of hydrogen-bond donors (Lipinski definition) is 0. The predicted molar refractivity (Wildman–Crippen MR) is 70.6 cm³/mol. The van der Waals surface area contributed by atoms with Crippen molar-refractivity contribution in [1.82, 2.24) is 10.1 Å². The third kappa shape index (κ3) is 4.47. The van der Waals surface area contributed by atoms with Gasteiger partial charge in [0.05, 0.1) is 0 Å². The molecule has 0 radical (unpaired) electrons. The Labute approximate surface area is 109 Å². The number of carbonyl (C=O) groups excluding carboxylic acids is 1. The van der Waals surface area contributed by atoms with Gasteiger partial charge in [0.15, 0.2) is 0 Å². The summed E-state index contributed by atoms with van der Waals surface area (Å²) in [5, 5.41) is 3.84. The molecule has 0 aliphatic carbocycles. The minimum atomic E-state index is -0.234. The van der Waals surface area contributed by atoms with E-state index in [9.17, 15) is 4.79 Å². The molecular formula is C13H23N3O2. The normalized spacial score (nSPS) is 11.6. The Morgan fingerprint density at radius 1 is 1.28 bits per heavy atom. The minimum Gasteiger partial charge on any atom is -0.344 e. The largest absolute Gasteiger partial charge is 0.344 e. The van der Waals surface area contributed by atoms with Crippen molar-refractivity contribution in [3.05, 3.63) is 5.89 Å². The van der Waals surface area contributed by atoms with Crippen LogP contribution in [0.2, 0.25) is 0 Å². The molecule has 1 aromatic rings. The van der Waals surface area contributed by atoms with Crippen molar-refractivity contribution in [2.24, 2.45) is 5.41 Å². The van der Waals surface area contributed by atoms with Crippen molar-refractivity contribution < 1.29 is 9.32 Å².